The Balaban J connectivity index is 1.22. The Hall–Kier alpha value is -2.44. The lowest BCUT2D eigenvalue weighted by atomic mass is 9.83. The quantitative estimate of drug-likeness (QED) is 0.708. The van der Waals surface area contributed by atoms with Crippen LogP contribution in [0, 0.1) is 5.92 Å². The molecule has 3 aromatic rings. The Labute approximate surface area is 182 Å². The smallest absolute Gasteiger partial charge is 0.255 e. The molecule has 3 aliphatic heterocycles. The average Bonchev–Trinajstić information content (AvgIpc) is 3.20. The summed E-state index contributed by atoms with van der Waals surface area (Å²) in [4.78, 5) is 26.3. The van der Waals surface area contributed by atoms with E-state index in [-0.39, 0.29) is 5.56 Å². The van der Waals surface area contributed by atoms with Gasteiger partial charge in [0.15, 0.2) is 0 Å². The highest BCUT2D eigenvalue weighted by Crippen LogP contribution is 2.36. The number of likely N-dealkylation sites (tertiary alicyclic amines) is 2. The van der Waals surface area contributed by atoms with Crippen molar-refractivity contribution in [3.05, 3.63) is 63.8 Å². The fourth-order valence-corrected chi connectivity index (χ4v) is 6.07. The van der Waals surface area contributed by atoms with Crippen LogP contribution in [0.25, 0.3) is 11.0 Å². The molecule has 0 saturated carbocycles. The van der Waals surface area contributed by atoms with E-state index in [1.807, 2.05) is 12.3 Å². The number of rotatable bonds is 4. The third-order valence-corrected chi connectivity index (χ3v) is 7.51. The van der Waals surface area contributed by atoms with Crippen molar-refractivity contribution in [1.29, 1.82) is 0 Å². The van der Waals surface area contributed by atoms with E-state index in [0.717, 1.165) is 62.4 Å². The molecule has 0 aromatic carbocycles. The molecule has 3 aromatic heterocycles. The second-order valence-electron chi connectivity index (χ2n) is 9.74. The van der Waals surface area contributed by atoms with Crippen LogP contribution in [0.2, 0.25) is 0 Å². The zero-order valence-corrected chi connectivity index (χ0v) is 18.1. The first-order valence-corrected chi connectivity index (χ1v) is 11.8. The van der Waals surface area contributed by atoms with Crippen LogP contribution in [-0.4, -0.2) is 50.5 Å². The molecule has 6 heterocycles. The predicted molar refractivity (Wildman–Crippen MR) is 122 cm³/mol. The Bertz CT molecular complexity index is 1140. The van der Waals surface area contributed by atoms with Gasteiger partial charge in [0.05, 0.1) is 11.0 Å². The first-order chi connectivity index (χ1) is 15.2. The standard InChI is InChI=1S/C25H31N5O/c31-25-19(15-28-9-2-1-3-10-28)6-7-23-20-11-18(14-30(23)25)13-29(16-20)17-21-12-27-22-5-4-8-26-24(21)22/h4-8,12,18,20,27H,1-3,9-11,13-17H2/t18-,20+/m0/s1. The van der Waals surface area contributed by atoms with Gasteiger partial charge in [-0.3, -0.25) is 19.6 Å². The van der Waals surface area contributed by atoms with Crippen molar-refractivity contribution in [3.8, 4) is 0 Å². The molecule has 31 heavy (non-hydrogen) atoms. The molecule has 6 heteroatoms. The third kappa shape index (κ3) is 3.62. The van der Waals surface area contributed by atoms with E-state index in [1.54, 1.807) is 0 Å². The van der Waals surface area contributed by atoms with Gasteiger partial charge < -0.3 is 9.55 Å². The molecule has 0 radical (unpaired) electrons. The van der Waals surface area contributed by atoms with Crippen LogP contribution in [0.15, 0.2) is 41.5 Å². The summed E-state index contributed by atoms with van der Waals surface area (Å²) >= 11 is 0. The SMILES string of the molecule is O=c1c(CN2CCCCC2)ccc2n1C[C@H]1C[C@@H]2CN(Cc2c[nH]c3cccnc23)C1. The normalized spacial score (nSPS) is 24.4. The Morgan fingerprint density at radius 1 is 0.968 bits per heavy atom. The molecule has 0 amide bonds. The molecule has 6 nitrogen and oxygen atoms in total. The largest absolute Gasteiger partial charge is 0.360 e. The maximum absolute atomic E-state index is 13.3. The highest BCUT2D eigenvalue weighted by Gasteiger charge is 2.35. The van der Waals surface area contributed by atoms with E-state index in [9.17, 15) is 4.79 Å². The lowest BCUT2D eigenvalue weighted by Gasteiger charge is -2.43. The zero-order chi connectivity index (χ0) is 20.8. The van der Waals surface area contributed by atoms with Crippen LogP contribution in [0.3, 0.4) is 0 Å². The summed E-state index contributed by atoms with van der Waals surface area (Å²) in [7, 11) is 0. The van der Waals surface area contributed by atoms with Gasteiger partial charge in [-0.05, 0) is 56.5 Å². The molecule has 0 aliphatic carbocycles. The van der Waals surface area contributed by atoms with E-state index in [4.69, 9.17) is 0 Å². The molecular formula is C25H31N5O. The number of H-pyrrole nitrogens is 1. The van der Waals surface area contributed by atoms with E-state index < -0.39 is 0 Å². The fraction of sp³-hybridized carbons (Fsp3) is 0.520. The fourth-order valence-electron chi connectivity index (χ4n) is 6.07. The van der Waals surface area contributed by atoms with Crippen LogP contribution < -0.4 is 5.56 Å². The maximum atomic E-state index is 13.3. The number of nitrogens with zero attached hydrogens (tertiary/aromatic N) is 4. The molecule has 2 bridgehead atoms. The number of fused-ring (bicyclic) bond motifs is 5. The van der Waals surface area contributed by atoms with Crippen LogP contribution in [0.5, 0.6) is 0 Å². The molecule has 162 valence electrons. The van der Waals surface area contributed by atoms with Crippen LogP contribution in [-0.2, 0) is 19.6 Å². The number of hydrogen-bond acceptors (Lipinski definition) is 4. The van der Waals surface area contributed by atoms with Gasteiger partial charge in [0.25, 0.3) is 5.56 Å². The van der Waals surface area contributed by atoms with E-state index in [0.29, 0.717) is 11.8 Å². The molecule has 2 saturated heterocycles. The van der Waals surface area contributed by atoms with Crippen molar-refractivity contribution in [3.63, 3.8) is 0 Å². The number of nitrogens with one attached hydrogen (secondary N) is 1. The lowest BCUT2D eigenvalue weighted by molar-refractivity contribution is 0.114. The summed E-state index contributed by atoms with van der Waals surface area (Å²) in [6.45, 7) is 6.92. The highest BCUT2D eigenvalue weighted by molar-refractivity contribution is 5.78. The zero-order valence-electron chi connectivity index (χ0n) is 18.1. The minimum absolute atomic E-state index is 0.257. The van der Waals surface area contributed by atoms with Gasteiger partial charge >= 0.3 is 0 Å². The summed E-state index contributed by atoms with van der Waals surface area (Å²) in [5, 5.41) is 0. The molecular weight excluding hydrogens is 386 g/mol. The topological polar surface area (TPSA) is 57.2 Å². The Kier molecular flexibility index (Phi) is 4.92. The first kappa shape index (κ1) is 19.3. The van der Waals surface area contributed by atoms with Crippen molar-refractivity contribution >= 4 is 11.0 Å². The third-order valence-electron chi connectivity index (χ3n) is 7.51. The van der Waals surface area contributed by atoms with E-state index in [2.05, 4.69) is 48.7 Å². The number of hydrogen-bond donors (Lipinski definition) is 1. The van der Waals surface area contributed by atoms with E-state index in [1.165, 1.54) is 36.9 Å². The number of pyridine rings is 2. The van der Waals surface area contributed by atoms with Crippen molar-refractivity contribution in [2.75, 3.05) is 26.2 Å². The summed E-state index contributed by atoms with van der Waals surface area (Å²) in [5.74, 6) is 0.995. The van der Waals surface area contributed by atoms with Crippen LogP contribution >= 0.6 is 0 Å². The maximum Gasteiger partial charge on any atom is 0.255 e. The van der Waals surface area contributed by atoms with Gasteiger partial charge in [0, 0.05) is 67.9 Å². The van der Waals surface area contributed by atoms with Crippen molar-refractivity contribution in [2.24, 2.45) is 5.92 Å². The molecule has 2 fully saturated rings. The van der Waals surface area contributed by atoms with Crippen molar-refractivity contribution in [2.45, 2.75) is 51.2 Å². The first-order valence-electron chi connectivity index (χ1n) is 11.8. The monoisotopic (exact) mass is 417 g/mol. The van der Waals surface area contributed by atoms with Crippen LogP contribution in [0.1, 0.15) is 48.4 Å². The number of aromatic amines is 1. The highest BCUT2D eigenvalue weighted by atomic mass is 16.1. The number of aromatic nitrogens is 3. The second-order valence-corrected chi connectivity index (χ2v) is 9.74. The minimum Gasteiger partial charge on any atom is -0.360 e. The Morgan fingerprint density at radius 3 is 2.74 bits per heavy atom. The summed E-state index contributed by atoms with van der Waals surface area (Å²) in [5.41, 5.74) is 5.93. The van der Waals surface area contributed by atoms with Gasteiger partial charge in [-0.25, -0.2) is 0 Å². The average molecular weight is 418 g/mol. The lowest BCUT2D eigenvalue weighted by Crippen LogP contribution is -2.47. The number of piperidine rings is 2. The molecule has 0 unspecified atom stereocenters. The van der Waals surface area contributed by atoms with Gasteiger partial charge in [-0.1, -0.05) is 12.5 Å². The molecule has 2 atom stereocenters. The van der Waals surface area contributed by atoms with Crippen LogP contribution in [0.4, 0.5) is 0 Å². The summed E-state index contributed by atoms with van der Waals surface area (Å²) < 4.78 is 2.11. The van der Waals surface area contributed by atoms with Crippen molar-refractivity contribution in [1.82, 2.24) is 24.3 Å². The molecule has 3 aliphatic rings. The van der Waals surface area contributed by atoms with E-state index >= 15 is 0 Å². The van der Waals surface area contributed by atoms with Gasteiger partial charge in [-0.2, -0.15) is 0 Å². The Morgan fingerprint density at radius 2 is 1.84 bits per heavy atom. The van der Waals surface area contributed by atoms with Crippen molar-refractivity contribution < 1.29 is 0 Å². The summed E-state index contributed by atoms with van der Waals surface area (Å²) in [6.07, 6.45) is 9.03. The second kappa shape index (κ2) is 7.92. The van der Waals surface area contributed by atoms with Gasteiger partial charge in [0.1, 0.15) is 0 Å². The van der Waals surface area contributed by atoms with Gasteiger partial charge in [0.2, 0.25) is 0 Å². The summed E-state index contributed by atoms with van der Waals surface area (Å²) in [6, 6.07) is 8.42. The van der Waals surface area contributed by atoms with Gasteiger partial charge in [-0.15, -0.1) is 0 Å². The molecule has 6 rings (SSSR count). The molecule has 1 N–H and O–H groups in total. The predicted octanol–water partition coefficient (Wildman–Crippen LogP) is 3.33. The minimum atomic E-state index is 0.257. The molecule has 0 spiro atoms.